The van der Waals surface area contributed by atoms with Crippen molar-refractivity contribution in [3.8, 4) is 0 Å². The molecule has 0 N–H and O–H groups in total. The number of carbonyl (C=O) groups excluding carboxylic acids is 1. The normalized spacial score (nSPS) is 23.5. The van der Waals surface area contributed by atoms with Gasteiger partial charge < -0.3 is 9.64 Å². The van der Waals surface area contributed by atoms with Crippen LogP contribution >= 0.6 is 11.3 Å². The lowest BCUT2D eigenvalue weighted by Crippen LogP contribution is -2.46. The second-order valence-corrected chi connectivity index (χ2v) is 7.43. The molecule has 2 aliphatic heterocycles. The number of nitrogens with zero attached hydrogens (tertiary/aromatic N) is 3. The second-order valence-electron chi connectivity index (χ2n) is 6.65. The Morgan fingerprint density at radius 1 is 1.43 bits per heavy atom. The smallest absolute Gasteiger partial charge is 0.254 e. The molecule has 4 heterocycles. The number of likely N-dealkylation sites (tertiary alicyclic amines) is 1. The standard InChI is InChI=1S/C17H21N3O2S/c1-19-10-15(9-18-19)14-8-17(22-11-14)3-5-20(6-4-17)16(21)13-2-7-23-12-13/h2,7,9-10,12,14H,3-6,8,11H2,1H3/t14-/m0/s1. The summed E-state index contributed by atoms with van der Waals surface area (Å²) in [5.41, 5.74) is 2.03. The molecule has 0 unspecified atom stereocenters. The van der Waals surface area contributed by atoms with Crippen LogP contribution in [0, 0.1) is 0 Å². The molecular weight excluding hydrogens is 310 g/mol. The Morgan fingerprint density at radius 3 is 2.91 bits per heavy atom. The van der Waals surface area contributed by atoms with E-state index in [9.17, 15) is 4.79 Å². The SMILES string of the molecule is Cn1cc([C@@H]2COC3(CCN(C(=O)c4ccsc4)CC3)C2)cn1. The van der Waals surface area contributed by atoms with Gasteiger partial charge in [0.2, 0.25) is 0 Å². The van der Waals surface area contributed by atoms with E-state index in [1.807, 2.05) is 39.7 Å². The second kappa shape index (κ2) is 5.76. The minimum Gasteiger partial charge on any atom is -0.374 e. The van der Waals surface area contributed by atoms with Gasteiger partial charge in [-0.05, 0) is 36.3 Å². The Labute approximate surface area is 139 Å². The molecule has 0 radical (unpaired) electrons. The van der Waals surface area contributed by atoms with Gasteiger partial charge in [0.05, 0.1) is 24.0 Å². The number of carbonyl (C=O) groups is 1. The molecule has 0 aliphatic carbocycles. The maximum atomic E-state index is 12.4. The lowest BCUT2D eigenvalue weighted by molar-refractivity contribution is -0.0388. The molecule has 0 bridgehead atoms. The van der Waals surface area contributed by atoms with E-state index < -0.39 is 0 Å². The van der Waals surface area contributed by atoms with Crippen LogP contribution in [0.15, 0.2) is 29.2 Å². The summed E-state index contributed by atoms with van der Waals surface area (Å²) in [5.74, 6) is 0.589. The summed E-state index contributed by atoms with van der Waals surface area (Å²) in [4.78, 5) is 14.4. The minimum atomic E-state index is -0.0497. The fourth-order valence-corrected chi connectivity index (χ4v) is 4.37. The van der Waals surface area contributed by atoms with E-state index in [1.165, 1.54) is 5.56 Å². The lowest BCUT2D eigenvalue weighted by Gasteiger charge is -2.38. The molecule has 2 saturated heterocycles. The predicted molar refractivity (Wildman–Crippen MR) is 88.7 cm³/mol. The number of piperidine rings is 1. The summed E-state index contributed by atoms with van der Waals surface area (Å²) in [6, 6.07) is 1.90. The summed E-state index contributed by atoms with van der Waals surface area (Å²) in [7, 11) is 1.95. The molecule has 0 saturated carbocycles. The molecule has 2 aromatic heterocycles. The van der Waals surface area contributed by atoms with Gasteiger partial charge in [-0.2, -0.15) is 16.4 Å². The van der Waals surface area contributed by atoms with Gasteiger partial charge in [-0.25, -0.2) is 0 Å². The van der Waals surface area contributed by atoms with Crippen molar-refractivity contribution in [1.82, 2.24) is 14.7 Å². The highest BCUT2D eigenvalue weighted by Gasteiger charge is 2.44. The van der Waals surface area contributed by atoms with Crippen LogP contribution < -0.4 is 0 Å². The fraction of sp³-hybridized carbons (Fsp3) is 0.529. The fourth-order valence-electron chi connectivity index (χ4n) is 3.74. The molecule has 6 heteroatoms. The zero-order chi connectivity index (χ0) is 15.9. The first-order valence-electron chi connectivity index (χ1n) is 8.09. The van der Waals surface area contributed by atoms with E-state index in [-0.39, 0.29) is 11.5 Å². The van der Waals surface area contributed by atoms with Gasteiger partial charge in [-0.1, -0.05) is 0 Å². The zero-order valence-electron chi connectivity index (χ0n) is 13.3. The molecule has 5 nitrogen and oxygen atoms in total. The number of ether oxygens (including phenoxy) is 1. The highest BCUT2D eigenvalue weighted by Crippen LogP contribution is 2.42. The molecule has 2 fully saturated rings. The summed E-state index contributed by atoms with van der Waals surface area (Å²) in [5, 5.41) is 8.15. The third kappa shape index (κ3) is 2.81. The van der Waals surface area contributed by atoms with Gasteiger partial charge in [-0.15, -0.1) is 0 Å². The van der Waals surface area contributed by atoms with Crippen LogP contribution in [0.1, 0.15) is 41.1 Å². The van der Waals surface area contributed by atoms with E-state index in [1.54, 1.807) is 11.3 Å². The summed E-state index contributed by atoms with van der Waals surface area (Å²) in [6.07, 6.45) is 6.93. The van der Waals surface area contributed by atoms with Crippen molar-refractivity contribution in [1.29, 1.82) is 0 Å². The third-order valence-electron chi connectivity index (χ3n) is 5.14. The molecule has 23 heavy (non-hydrogen) atoms. The van der Waals surface area contributed by atoms with Crippen molar-refractivity contribution in [2.75, 3.05) is 19.7 Å². The molecule has 122 valence electrons. The number of hydrogen-bond donors (Lipinski definition) is 0. The first-order valence-corrected chi connectivity index (χ1v) is 9.03. The van der Waals surface area contributed by atoms with Crippen molar-refractivity contribution < 1.29 is 9.53 Å². The maximum Gasteiger partial charge on any atom is 0.254 e. The van der Waals surface area contributed by atoms with Crippen LogP contribution in [0.3, 0.4) is 0 Å². The highest BCUT2D eigenvalue weighted by molar-refractivity contribution is 7.08. The molecule has 1 atom stereocenters. The van der Waals surface area contributed by atoms with Gasteiger partial charge in [0.1, 0.15) is 0 Å². The van der Waals surface area contributed by atoms with Gasteiger partial charge in [0.25, 0.3) is 5.91 Å². The summed E-state index contributed by atoms with van der Waals surface area (Å²) >= 11 is 1.57. The molecule has 0 aromatic carbocycles. The highest BCUT2D eigenvalue weighted by atomic mass is 32.1. The first-order chi connectivity index (χ1) is 11.2. The van der Waals surface area contributed by atoms with Crippen LogP contribution in [-0.2, 0) is 11.8 Å². The first kappa shape index (κ1) is 14.9. The minimum absolute atomic E-state index is 0.0497. The zero-order valence-corrected chi connectivity index (χ0v) is 14.1. The van der Waals surface area contributed by atoms with E-state index in [2.05, 4.69) is 11.3 Å². The molecule has 2 aliphatic rings. The molecule has 1 amide bonds. The van der Waals surface area contributed by atoms with Crippen LogP contribution in [0.4, 0.5) is 0 Å². The van der Waals surface area contributed by atoms with Crippen molar-refractivity contribution in [3.63, 3.8) is 0 Å². The van der Waals surface area contributed by atoms with Crippen molar-refractivity contribution in [3.05, 3.63) is 40.3 Å². The van der Waals surface area contributed by atoms with Crippen LogP contribution in [-0.4, -0.2) is 45.9 Å². The predicted octanol–water partition coefficient (Wildman–Crippen LogP) is 2.66. The number of aryl methyl sites for hydroxylation is 1. The Balaban J connectivity index is 1.39. The van der Waals surface area contributed by atoms with Crippen molar-refractivity contribution in [2.45, 2.75) is 30.8 Å². The lowest BCUT2D eigenvalue weighted by atomic mass is 9.84. The summed E-state index contributed by atoms with van der Waals surface area (Å²) in [6.45, 7) is 2.34. The third-order valence-corrected chi connectivity index (χ3v) is 5.82. The number of thiophene rings is 1. The van der Waals surface area contributed by atoms with E-state index in [0.29, 0.717) is 5.92 Å². The van der Waals surface area contributed by atoms with Gasteiger partial charge in [0, 0.05) is 37.6 Å². The van der Waals surface area contributed by atoms with E-state index >= 15 is 0 Å². The molecule has 4 rings (SSSR count). The molecule has 2 aromatic rings. The Morgan fingerprint density at radius 2 is 2.26 bits per heavy atom. The summed E-state index contributed by atoms with van der Waals surface area (Å²) < 4.78 is 8.05. The Kier molecular flexibility index (Phi) is 3.73. The number of rotatable bonds is 2. The van der Waals surface area contributed by atoms with Crippen LogP contribution in [0.25, 0.3) is 0 Å². The molecule has 1 spiro atoms. The van der Waals surface area contributed by atoms with Crippen molar-refractivity contribution in [2.24, 2.45) is 7.05 Å². The molecular formula is C17H21N3O2S. The number of hydrogen-bond acceptors (Lipinski definition) is 4. The van der Waals surface area contributed by atoms with Gasteiger partial charge in [0.15, 0.2) is 0 Å². The quantitative estimate of drug-likeness (QED) is 0.850. The topological polar surface area (TPSA) is 47.4 Å². The maximum absolute atomic E-state index is 12.4. The van der Waals surface area contributed by atoms with E-state index in [0.717, 1.165) is 44.5 Å². The average molecular weight is 331 g/mol. The number of aromatic nitrogens is 2. The largest absolute Gasteiger partial charge is 0.374 e. The average Bonchev–Trinajstić information content (AvgIpc) is 3.28. The Bertz CT molecular complexity index is 687. The number of amides is 1. The van der Waals surface area contributed by atoms with Crippen LogP contribution in [0.2, 0.25) is 0 Å². The van der Waals surface area contributed by atoms with Crippen molar-refractivity contribution >= 4 is 17.2 Å². The van der Waals surface area contributed by atoms with E-state index in [4.69, 9.17) is 4.74 Å². The van der Waals surface area contributed by atoms with Crippen LogP contribution in [0.5, 0.6) is 0 Å². The Hall–Kier alpha value is -1.66. The van der Waals surface area contributed by atoms with Gasteiger partial charge >= 0.3 is 0 Å². The van der Waals surface area contributed by atoms with Gasteiger partial charge in [-0.3, -0.25) is 9.48 Å². The monoisotopic (exact) mass is 331 g/mol.